The maximum atomic E-state index is 5.64. The van der Waals surface area contributed by atoms with Gasteiger partial charge in [-0.3, -0.25) is 0 Å². The van der Waals surface area contributed by atoms with Crippen LogP contribution in [0.2, 0.25) is 5.15 Å². The van der Waals surface area contributed by atoms with Gasteiger partial charge in [0.05, 0.1) is 18.9 Å². The third-order valence-corrected chi connectivity index (χ3v) is 3.13. The summed E-state index contributed by atoms with van der Waals surface area (Å²) in [4.78, 5) is 0. The minimum absolute atomic E-state index is 0.388. The standard InChI is InChI=1S/C12H10BrClN2O/c13-11-4-2-1-3-9(11)7-17-8-10-5-6-12(14)16-15-10/h1-6H,7-8H2. The van der Waals surface area contributed by atoms with Crippen LogP contribution in [0, 0.1) is 0 Å². The van der Waals surface area contributed by atoms with Gasteiger partial charge < -0.3 is 4.74 Å². The predicted molar refractivity (Wildman–Crippen MR) is 69.7 cm³/mol. The van der Waals surface area contributed by atoms with Gasteiger partial charge in [0.1, 0.15) is 0 Å². The second kappa shape index (κ2) is 6.10. The summed E-state index contributed by atoms with van der Waals surface area (Å²) in [6, 6.07) is 11.4. The number of hydrogen-bond acceptors (Lipinski definition) is 3. The highest BCUT2D eigenvalue weighted by atomic mass is 79.9. The largest absolute Gasteiger partial charge is 0.370 e. The van der Waals surface area contributed by atoms with E-state index in [2.05, 4.69) is 26.1 Å². The SMILES string of the molecule is Clc1ccc(COCc2ccccc2Br)nn1. The van der Waals surface area contributed by atoms with Crippen LogP contribution in [0.3, 0.4) is 0 Å². The number of aromatic nitrogens is 2. The Morgan fingerprint density at radius 1 is 1.06 bits per heavy atom. The van der Waals surface area contributed by atoms with E-state index in [9.17, 15) is 0 Å². The van der Waals surface area contributed by atoms with Gasteiger partial charge in [-0.05, 0) is 23.8 Å². The molecule has 0 atom stereocenters. The summed E-state index contributed by atoms with van der Waals surface area (Å²) < 4.78 is 6.59. The average Bonchev–Trinajstić information content (AvgIpc) is 2.34. The van der Waals surface area contributed by atoms with Gasteiger partial charge in [-0.15, -0.1) is 5.10 Å². The zero-order valence-corrected chi connectivity index (χ0v) is 11.3. The number of hydrogen-bond donors (Lipinski definition) is 0. The van der Waals surface area contributed by atoms with Gasteiger partial charge in [0, 0.05) is 4.47 Å². The first-order chi connectivity index (χ1) is 8.25. The van der Waals surface area contributed by atoms with Crippen molar-refractivity contribution in [1.82, 2.24) is 10.2 Å². The fourth-order valence-electron chi connectivity index (χ4n) is 1.30. The number of halogens is 2. The summed E-state index contributed by atoms with van der Waals surface area (Å²) in [6.45, 7) is 0.956. The Labute approximate surface area is 113 Å². The Kier molecular flexibility index (Phi) is 4.48. The topological polar surface area (TPSA) is 35.0 Å². The Bertz CT molecular complexity index is 490. The molecule has 1 aromatic carbocycles. The van der Waals surface area contributed by atoms with Crippen LogP contribution in [-0.2, 0) is 18.0 Å². The second-order valence-electron chi connectivity index (χ2n) is 3.43. The van der Waals surface area contributed by atoms with E-state index in [0.29, 0.717) is 18.4 Å². The molecule has 0 unspecified atom stereocenters. The molecule has 0 fully saturated rings. The minimum atomic E-state index is 0.388. The number of nitrogens with zero attached hydrogens (tertiary/aromatic N) is 2. The molecule has 0 aliphatic rings. The van der Waals surface area contributed by atoms with E-state index in [1.165, 1.54) is 0 Å². The van der Waals surface area contributed by atoms with Crippen molar-refractivity contribution in [1.29, 1.82) is 0 Å². The molecule has 0 saturated heterocycles. The quantitative estimate of drug-likeness (QED) is 0.865. The minimum Gasteiger partial charge on any atom is -0.370 e. The molecule has 1 aromatic heterocycles. The lowest BCUT2D eigenvalue weighted by molar-refractivity contribution is 0.103. The van der Waals surface area contributed by atoms with Crippen LogP contribution < -0.4 is 0 Å². The molecule has 0 aliphatic heterocycles. The molecular weight excluding hydrogens is 304 g/mol. The normalized spacial score (nSPS) is 10.5. The smallest absolute Gasteiger partial charge is 0.151 e. The van der Waals surface area contributed by atoms with Gasteiger partial charge in [0.2, 0.25) is 0 Å². The van der Waals surface area contributed by atoms with Gasteiger partial charge in [0.15, 0.2) is 5.15 Å². The monoisotopic (exact) mass is 312 g/mol. The predicted octanol–water partition coefficient (Wildman–Crippen LogP) is 3.61. The van der Waals surface area contributed by atoms with Crippen molar-refractivity contribution in [3.8, 4) is 0 Å². The lowest BCUT2D eigenvalue weighted by atomic mass is 10.2. The first-order valence-electron chi connectivity index (χ1n) is 5.05. The van der Waals surface area contributed by atoms with Crippen LogP contribution in [0.1, 0.15) is 11.3 Å². The highest BCUT2D eigenvalue weighted by Gasteiger charge is 2.00. The van der Waals surface area contributed by atoms with Crippen molar-refractivity contribution in [3.05, 3.63) is 57.3 Å². The van der Waals surface area contributed by atoms with Crippen molar-refractivity contribution in [2.24, 2.45) is 0 Å². The molecule has 0 bridgehead atoms. The van der Waals surface area contributed by atoms with Gasteiger partial charge in [0.25, 0.3) is 0 Å². The lowest BCUT2D eigenvalue weighted by Crippen LogP contribution is -1.98. The van der Waals surface area contributed by atoms with Crippen molar-refractivity contribution in [2.45, 2.75) is 13.2 Å². The molecule has 0 saturated carbocycles. The maximum Gasteiger partial charge on any atom is 0.151 e. The van der Waals surface area contributed by atoms with Gasteiger partial charge >= 0.3 is 0 Å². The van der Waals surface area contributed by atoms with Gasteiger partial charge in [-0.25, -0.2) is 0 Å². The van der Waals surface area contributed by atoms with Gasteiger partial charge in [-0.1, -0.05) is 45.7 Å². The molecule has 0 radical (unpaired) electrons. The van der Waals surface area contributed by atoms with E-state index in [1.54, 1.807) is 12.1 Å². The van der Waals surface area contributed by atoms with Gasteiger partial charge in [-0.2, -0.15) is 5.10 Å². The van der Waals surface area contributed by atoms with E-state index >= 15 is 0 Å². The van der Waals surface area contributed by atoms with Crippen molar-refractivity contribution < 1.29 is 4.74 Å². The zero-order chi connectivity index (χ0) is 12.1. The van der Waals surface area contributed by atoms with Crippen LogP contribution >= 0.6 is 27.5 Å². The summed E-state index contributed by atoms with van der Waals surface area (Å²) in [6.07, 6.45) is 0. The summed E-state index contributed by atoms with van der Waals surface area (Å²) in [5.74, 6) is 0. The first kappa shape index (κ1) is 12.5. The van der Waals surface area contributed by atoms with Crippen LogP contribution in [0.25, 0.3) is 0 Å². The molecule has 0 aliphatic carbocycles. The Hall–Kier alpha value is -0.970. The third-order valence-electron chi connectivity index (χ3n) is 2.15. The fraction of sp³-hybridized carbons (Fsp3) is 0.167. The van der Waals surface area contributed by atoms with Crippen molar-refractivity contribution >= 4 is 27.5 Å². The summed E-state index contributed by atoms with van der Waals surface area (Å²) in [5.41, 5.74) is 1.87. The third kappa shape index (κ3) is 3.77. The molecule has 0 spiro atoms. The second-order valence-corrected chi connectivity index (χ2v) is 4.67. The number of ether oxygens (including phenoxy) is 1. The molecular formula is C12H10BrClN2O. The van der Waals surface area contributed by atoms with E-state index in [4.69, 9.17) is 16.3 Å². The molecule has 5 heteroatoms. The summed E-state index contributed by atoms with van der Waals surface area (Å²) in [5, 5.41) is 8.05. The lowest BCUT2D eigenvalue weighted by Gasteiger charge is -2.05. The Morgan fingerprint density at radius 2 is 1.88 bits per heavy atom. The van der Waals surface area contributed by atoms with E-state index in [1.807, 2.05) is 24.3 Å². The molecule has 0 N–H and O–H groups in total. The molecule has 88 valence electrons. The molecule has 3 nitrogen and oxygen atoms in total. The van der Waals surface area contributed by atoms with Crippen LogP contribution in [0.15, 0.2) is 40.9 Å². The van der Waals surface area contributed by atoms with Crippen LogP contribution in [0.4, 0.5) is 0 Å². The number of benzene rings is 1. The highest BCUT2D eigenvalue weighted by Crippen LogP contribution is 2.17. The molecule has 17 heavy (non-hydrogen) atoms. The van der Waals surface area contributed by atoms with E-state index in [0.717, 1.165) is 15.7 Å². The maximum absolute atomic E-state index is 5.64. The Morgan fingerprint density at radius 3 is 2.59 bits per heavy atom. The highest BCUT2D eigenvalue weighted by molar-refractivity contribution is 9.10. The van der Waals surface area contributed by atoms with Crippen molar-refractivity contribution in [3.63, 3.8) is 0 Å². The summed E-state index contributed by atoms with van der Waals surface area (Å²) >= 11 is 9.11. The first-order valence-corrected chi connectivity index (χ1v) is 6.22. The average molecular weight is 314 g/mol. The van der Waals surface area contributed by atoms with Crippen molar-refractivity contribution in [2.75, 3.05) is 0 Å². The fourth-order valence-corrected chi connectivity index (χ4v) is 1.80. The molecule has 2 aromatic rings. The van der Waals surface area contributed by atoms with Crippen LogP contribution in [-0.4, -0.2) is 10.2 Å². The molecule has 1 heterocycles. The van der Waals surface area contributed by atoms with Crippen LogP contribution in [0.5, 0.6) is 0 Å². The molecule has 0 amide bonds. The summed E-state index contributed by atoms with van der Waals surface area (Å²) in [7, 11) is 0. The van der Waals surface area contributed by atoms with E-state index < -0.39 is 0 Å². The zero-order valence-electron chi connectivity index (χ0n) is 8.94. The molecule has 2 rings (SSSR count). The number of rotatable bonds is 4. The Balaban J connectivity index is 1.88. The van der Waals surface area contributed by atoms with E-state index in [-0.39, 0.29) is 0 Å².